The first-order valence-electron chi connectivity index (χ1n) is 10.0. The van der Waals surface area contributed by atoms with Crippen molar-refractivity contribution >= 4 is 6.29 Å². The average molecular weight is 395 g/mol. The molecule has 0 aliphatic carbocycles. The maximum Gasteiger partial charge on any atom is 0.116 e. The molecule has 0 fully saturated rings. The molecule has 0 rings (SSSR count). The molecule has 0 bridgehead atoms. The normalized spacial score (nSPS) is 13.8. The third kappa shape index (κ3) is 41.2. The second kappa shape index (κ2) is 30.2. The molecule has 27 heavy (non-hydrogen) atoms. The number of rotatable bonds is 12. The SMILES string of the molecule is C.C.CC=O.CCCCC(O)CC(C)N.CCCCC(O)CC(C)NCC. The summed E-state index contributed by atoms with van der Waals surface area (Å²) in [6, 6.07) is 0.578. The minimum absolute atomic E-state index is 0. The largest absolute Gasteiger partial charge is 0.393 e. The van der Waals surface area contributed by atoms with Crippen molar-refractivity contribution in [2.24, 2.45) is 5.73 Å². The number of hydrogen-bond donors (Lipinski definition) is 4. The second-order valence-electron chi connectivity index (χ2n) is 6.74. The summed E-state index contributed by atoms with van der Waals surface area (Å²) >= 11 is 0. The first kappa shape index (κ1) is 37.3. The Hall–Kier alpha value is -0.490. The molecule has 0 heterocycles. The number of aliphatic hydroxyl groups excluding tert-OH is 2. The van der Waals surface area contributed by atoms with E-state index in [9.17, 15) is 10.2 Å². The quantitative estimate of drug-likeness (QED) is 0.361. The van der Waals surface area contributed by atoms with E-state index in [1.54, 1.807) is 0 Å². The van der Waals surface area contributed by atoms with Gasteiger partial charge in [0.1, 0.15) is 6.29 Å². The Bertz CT molecular complexity index is 252. The molecule has 5 N–H and O–H groups in total. The van der Waals surface area contributed by atoms with Gasteiger partial charge >= 0.3 is 0 Å². The molecule has 0 amide bonds. The highest BCUT2D eigenvalue weighted by atomic mass is 16.3. The maximum absolute atomic E-state index is 9.54. The van der Waals surface area contributed by atoms with Gasteiger partial charge < -0.3 is 26.1 Å². The molecular formula is C22H54N2O3. The fraction of sp³-hybridized carbons (Fsp3) is 0.955. The van der Waals surface area contributed by atoms with Gasteiger partial charge in [0.2, 0.25) is 0 Å². The van der Waals surface area contributed by atoms with Crippen LogP contribution in [-0.2, 0) is 4.79 Å². The zero-order valence-electron chi connectivity index (χ0n) is 17.6. The molecule has 0 saturated carbocycles. The monoisotopic (exact) mass is 394 g/mol. The van der Waals surface area contributed by atoms with Gasteiger partial charge in [0.15, 0.2) is 0 Å². The highest BCUT2D eigenvalue weighted by Gasteiger charge is 2.08. The molecule has 5 heteroatoms. The van der Waals surface area contributed by atoms with Gasteiger partial charge in [-0.25, -0.2) is 0 Å². The molecule has 0 aliphatic rings. The van der Waals surface area contributed by atoms with Crippen LogP contribution in [0.4, 0.5) is 0 Å². The Morgan fingerprint density at radius 3 is 1.59 bits per heavy atom. The standard InChI is InChI=1S/C10H23NO.C8H19NO.C2H4O.2CH4/c1-4-6-7-10(12)8-9(3)11-5-2;1-3-4-5-8(10)6-7(2)9;1-2-3;;/h9-12H,4-8H2,1-3H3;7-8,10H,3-6,9H2,1-2H3;2H,1H3;2*1H4. The zero-order chi connectivity index (χ0) is 20.1. The molecule has 0 aliphatic heterocycles. The summed E-state index contributed by atoms with van der Waals surface area (Å²) in [4.78, 5) is 8.81. The number of carbonyl (C=O) groups is 1. The van der Waals surface area contributed by atoms with Crippen molar-refractivity contribution in [2.45, 2.75) is 132 Å². The molecule has 0 radical (unpaired) electrons. The van der Waals surface area contributed by atoms with Crippen LogP contribution in [0.3, 0.4) is 0 Å². The lowest BCUT2D eigenvalue weighted by molar-refractivity contribution is -0.106. The van der Waals surface area contributed by atoms with Crippen molar-refractivity contribution in [1.29, 1.82) is 0 Å². The molecule has 0 aromatic heterocycles. The summed E-state index contributed by atoms with van der Waals surface area (Å²) in [5.74, 6) is 0. The number of nitrogens with two attached hydrogens (primary N) is 1. The molecule has 0 aromatic carbocycles. The topological polar surface area (TPSA) is 95.6 Å². The van der Waals surface area contributed by atoms with Crippen molar-refractivity contribution < 1.29 is 15.0 Å². The van der Waals surface area contributed by atoms with Gasteiger partial charge in [-0.05, 0) is 53.0 Å². The van der Waals surface area contributed by atoms with Crippen LogP contribution in [0.1, 0.15) is 108 Å². The van der Waals surface area contributed by atoms with Crippen LogP contribution in [-0.4, -0.2) is 47.3 Å². The van der Waals surface area contributed by atoms with Crippen molar-refractivity contribution in [1.82, 2.24) is 5.32 Å². The third-order valence-electron chi connectivity index (χ3n) is 3.60. The number of hydrogen-bond acceptors (Lipinski definition) is 5. The Labute approximate surface area is 171 Å². The van der Waals surface area contributed by atoms with E-state index in [4.69, 9.17) is 10.5 Å². The van der Waals surface area contributed by atoms with Crippen LogP contribution in [0.25, 0.3) is 0 Å². The van der Waals surface area contributed by atoms with E-state index in [1.807, 2.05) is 6.92 Å². The van der Waals surface area contributed by atoms with Crippen LogP contribution in [0.15, 0.2) is 0 Å². The number of carbonyl (C=O) groups excluding carboxylic acids is 1. The maximum atomic E-state index is 9.54. The molecule has 0 saturated heterocycles. The minimum atomic E-state index is -0.181. The Kier molecular flexibility index (Phi) is 41.8. The van der Waals surface area contributed by atoms with Crippen LogP contribution in [0, 0.1) is 0 Å². The van der Waals surface area contributed by atoms with E-state index < -0.39 is 0 Å². The summed E-state index contributed by atoms with van der Waals surface area (Å²) in [5.41, 5.74) is 5.51. The predicted molar refractivity (Wildman–Crippen MR) is 122 cm³/mol. The van der Waals surface area contributed by atoms with Crippen LogP contribution < -0.4 is 11.1 Å². The van der Waals surface area contributed by atoms with Gasteiger partial charge in [-0.15, -0.1) is 0 Å². The second-order valence-corrected chi connectivity index (χ2v) is 6.74. The molecule has 4 atom stereocenters. The summed E-state index contributed by atoms with van der Waals surface area (Å²) in [7, 11) is 0. The third-order valence-corrected chi connectivity index (χ3v) is 3.60. The van der Waals surface area contributed by atoms with E-state index in [0.29, 0.717) is 6.04 Å². The highest BCUT2D eigenvalue weighted by Crippen LogP contribution is 2.06. The number of nitrogens with one attached hydrogen (secondary N) is 1. The number of aldehydes is 1. The molecule has 0 aromatic rings. The lowest BCUT2D eigenvalue weighted by Crippen LogP contribution is -2.29. The first-order valence-corrected chi connectivity index (χ1v) is 10.0. The van der Waals surface area contributed by atoms with Gasteiger partial charge in [0.25, 0.3) is 0 Å². The fourth-order valence-corrected chi connectivity index (χ4v) is 2.38. The summed E-state index contributed by atoms with van der Waals surface area (Å²) in [6.07, 6.45) is 8.49. The lowest BCUT2D eigenvalue weighted by atomic mass is 10.1. The zero-order valence-corrected chi connectivity index (χ0v) is 17.6. The fourth-order valence-electron chi connectivity index (χ4n) is 2.38. The predicted octanol–water partition coefficient (Wildman–Crippen LogP) is 4.68. The van der Waals surface area contributed by atoms with E-state index in [0.717, 1.165) is 57.8 Å². The smallest absolute Gasteiger partial charge is 0.116 e. The Balaban J connectivity index is -0.0000000987. The van der Waals surface area contributed by atoms with E-state index in [2.05, 4.69) is 33.0 Å². The highest BCUT2D eigenvalue weighted by molar-refractivity contribution is 5.44. The average Bonchev–Trinajstić information content (AvgIpc) is 2.52. The van der Waals surface area contributed by atoms with E-state index in [1.165, 1.54) is 13.3 Å². The Morgan fingerprint density at radius 2 is 1.30 bits per heavy atom. The van der Waals surface area contributed by atoms with Gasteiger partial charge in [0, 0.05) is 12.1 Å². The molecular weight excluding hydrogens is 340 g/mol. The summed E-state index contributed by atoms with van der Waals surface area (Å²) in [6.45, 7) is 12.9. The van der Waals surface area contributed by atoms with Crippen LogP contribution in [0.2, 0.25) is 0 Å². The van der Waals surface area contributed by atoms with Crippen LogP contribution >= 0.6 is 0 Å². The summed E-state index contributed by atoms with van der Waals surface area (Å²) < 4.78 is 0. The van der Waals surface area contributed by atoms with Crippen molar-refractivity contribution in [2.75, 3.05) is 6.54 Å². The minimum Gasteiger partial charge on any atom is -0.393 e. The van der Waals surface area contributed by atoms with Gasteiger partial charge in [-0.3, -0.25) is 0 Å². The van der Waals surface area contributed by atoms with Crippen LogP contribution in [0.5, 0.6) is 0 Å². The van der Waals surface area contributed by atoms with Gasteiger partial charge in [-0.1, -0.05) is 61.3 Å². The first-order chi connectivity index (χ1) is 11.8. The molecule has 0 spiro atoms. The number of unbranched alkanes of at least 4 members (excludes halogenated alkanes) is 2. The van der Waals surface area contributed by atoms with Gasteiger partial charge in [0.05, 0.1) is 12.2 Å². The molecule has 5 nitrogen and oxygen atoms in total. The summed E-state index contributed by atoms with van der Waals surface area (Å²) in [5, 5.41) is 22.1. The lowest BCUT2D eigenvalue weighted by Gasteiger charge is -2.16. The molecule has 4 unspecified atom stereocenters. The number of aliphatic hydroxyl groups is 2. The molecule has 170 valence electrons. The van der Waals surface area contributed by atoms with Crippen molar-refractivity contribution in [3.8, 4) is 0 Å². The van der Waals surface area contributed by atoms with E-state index in [-0.39, 0.29) is 33.1 Å². The van der Waals surface area contributed by atoms with E-state index >= 15 is 0 Å². The Morgan fingerprint density at radius 1 is 0.926 bits per heavy atom. The van der Waals surface area contributed by atoms with Crippen molar-refractivity contribution in [3.63, 3.8) is 0 Å². The van der Waals surface area contributed by atoms with Crippen molar-refractivity contribution in [3.05, 3.63) is 0 Å². The van der Waals surface area contributed by atoms with Gasteiger partial charge in [-0.2, -0.15) is 0 Å².